The van der Waals surface area contributed by atoms with Gasteiger partial charge in [0, 0.05) is 16.7 Å². The van der Waals surface area contributed by atoms with Gasteiger partial charge in [-0.05, 0) is 49.6 Å². The third-order valence-corrected chi connectivity index (χ3v) is 3.87. The highest BCUT2D eigenvalue weighted by atomic mass is 19.1. The van der Waals surface area contributed by atoms with Crippen LogP contribution < -0.4 is 0 Å². The second-order valence-electron chi connectivity index (χ2n) is 5.92. The summed E-state index contributed by atoms with van der Waals surface area (Å²) in [5.74, 6) is 4.78. The monoisotopic (exact) mass is 396 g/mol. The van der Waals surface area contributed by atoms with Gasteiger partial charge in [-0.3, -0.25) is 0 Å². The molecule has 2 aromatic carbocycles. The van der Waals surface area contributed by atoms with Crippen LogP contribution in [0.1, 0.15) is 29.2 Å². The van der Waals surface area contributed by atoms with Crippen molar-refractivity contribution in [2.24, 2.45) is 10.3 Å². The summed E-state index contributed by atoms with van der Waals surface area (Å²) in [6, 6.07) is 11.3. The van der Waals surface area contributed by atoms with Gasteiger partial charge in [0.2, 0.25) is 0 Å². The van der Waals surface area contributed by atoms with Gasteiger partial charge >= 0.3 is 5.97 Å². The van der Waals surface area contributed by atoms with Crippen LogP contribution in [0.5, 0.6) is 0 Å². The number of rotatable bonds is 6. The van der Waals surface area contributed by atoms with E-state index >= 15 is 0 Å². The first-order valence-electron chi connectivity index (χ1n) is 8.68. The van der Waals surface area contributed by atoms with Crippen LogP contribution in [0.25, 0.3) is 0 Å². The summed E-state index contributed by atoms with van der Waals surface area (Å²) in [7, 11) is 2.62. The lowest BCUT2D eigenvalue weighted by Gasteiger charge is -2.12. The topological polar surface area (TPSA) is 69.5 Å². The number of nitrogens with zero attached hydrogens (tertiary/aromatic N) is 2. The number of hydrogen-bond donors (Lipinski definition) is 0. The summed E-state index contributed by atoms with van der Waals surface area (Å²) in [6.45, 7) is 3.67. The highest BCUT2D eigenvalue weighted by Crippen LogP contribution is 2.18. The van der Waals surface area contributed by atoms with E-state index in [9.17, 15) is 9.18 Å². The minimum Gasteiger partial charge on any atom is -0.464 e. The Bertz CT molecular complexity index is 986. The predicted octanol–water partition coefficient (Wildman–Crippen LogP) is 3.60. The van der Waals surface area contributed by atoms with E-state index in [1.54, 1.807) is 31.2 Å². The molecule has 0 radical (unpaired) electrons. The lowest BCUT2D eigenvalue weighted by atomic mass is 9.99. The zero-order chi connectivity index (χ0) is 21.2. The lowest BCUT2D eigenvalue weighted by molar-refractivity contribution is -0.132. The highest BCUT2D eigenvalue weighted by molar-refractivity contribution is 6.43. The van der Waals surface area contributed by atoms with Crippen LogP contribution in [-0.2, 0) is 25.8 Å². The van der Waals surface area contributed by atoms with E-state index in [0.29, 0.717) is 16.8 Å². The largest absolute Gasteiger partial charge is 0.464 e. The zero-order valence-electron chi connectivity index (χ0n) is 16.7. The fourth-order valence-corrected chi connectivity index (χ4v) is 2.41. The Labute approximate surface area is 169 Å². The van der Waals surface area contributed by atoms with Crippen LogP contribution in [0.15, 0.2) is 52.8 Å². The average Bonchev–Trinajstić information content (AvgIpc) is 2.72. The molecule has 0 heterocycles. The Balaban J connectivity index is 2.18. The summed E-state index contributed by atoms with van der Waals surface area (Å²) in [5, 5.41) is 7.77. The minimum atomic E-state index is -0.622. The maximum atomic E-state index is 12.9. The lowest BCUT2D eigenvalue weighted by Crippen LogP contribution is -2.20. The number of carbonyl (C=O) groups is 1. The maximum Gasteiger partial charge on any atom is 0.360 e. The highest BCUT2D eigenvalue weighted by Gasteiger charge is 2.20. The summed E-state index contributed by atoms with van der Waals surface area (Å²) >= 11 is 0. The van der Waals surface area contributed by atoms with E-state index in [1.165, 1.54) is 26.4 Å². The van der Waals surface area contributed by atoms with Gasteiger partial charge in [0.25, 0.3) is 0 Å². The molecule has 0 bridgehead atoms. The molecule has 0 spiro atoms. The van der Waals surface area contributed by atoms with Crippen molar-refractivity contribution in [3.63, 3.8) is 0 Å². The minimum absolute atomic E-state index is 0.0362. The second-order valence-corrected chi connectivity index (χ2v) is 5.92. The molecule has 7 heteroatoms. The standard InChI is InChI=1S/C22H21FN2O4/c1-15-6-5-7-19(21(25-28-4)22(26)27-3)20(15)14-29-24-16(2)8-9-17-10-12-18(23)13-11-17/h5-7,10-13H,14H2,1-4H3/b24-16+,25-21+. The molecule has 0 aromatic heterocycles. The Morgan fingerprint density at radius 2 is 1.83 bits per heavy atom. The van der Waals surface area contributed by atoms with E-state index in [1.807, 2.05) is 13.0 Å². The van der Waals surface area contributed by atoms with Crippen molar-refractivity contribution in [2.45, 2.75) is 20.5 Å². The van der Waals surface area contributed by atoms with E-state index in [0.717, 1.165) is 11.1 Å². The van der Waals surface area contributed by atoms with E-state index in [-0.39, 0.29) is 18.1 Å². The molecule has 0 aliphatic carbocycles. The molecule has 0 amide bonds. The van der Waals surface area contributed by atoms with Crippen molar-refractivity contribution >= 4 is 17.4 Å². The molecule has 0 saturated heterocycles. The van der Waals surface area contributed by atoms with Crippen LogP contribution in [0.3, 0.4) is 0 Å². The van der Waals surface area contributed by atoms with E-state index in [4.69, 9.17) is 14.4 Å². The normalized spacial score (nSPS) is 11.3. The molecule has 150 valence electrons. The molecule has 2 aromatic rings. The maximum absolute atomic E-state index is 12.9. The number of carbonyl (C=O) groups excluding carboxylic acids is 1. The van der Waals surface area contributed by atoms with Crippen molar-refractivity contribution in [3.05, 3.63) is 70.5 Å². The first kappa shape index (κ1) is 21.6. The number of ether oxygens (including phenoxy) is 1. The molecular weight excluding hydrogens is 375 g/mol. The van der Waals surface area contributed by atoms with Gasteiger partial charge in [0.1, 0.15) is 25.2 Å². The van der Waals surface area contributed by atoms with Gasteiger partial charge in [-0.25, -0.2) is 9.18 Å². The van der Waals surface area contributed by atoms with Gasteiger partial charge in [-0.1, -0.05) is 34.4 Å². The van der Waals surface area contributed by atoms with Crippen molar-refractivity contribution in [2.75, 3.05) is 14.2 Å². The second kappa shape index (κ2) is 10.6. The Morgan fingerprint density at radius 3 is 2.48 bits per heavy atom. The molecule has 0 atom stereocenters. The van der Waals surface area contributed by atoms with Gasteiger partial charge in [0.15, 0.2) is 5.71 Å². The molecule has 0 aliphatic heterocycles. The molecule has 0 aliphatic rings. The van der Waals surface area contributed by atoms with Gasteiger partial charge in [-0.15, -0.1) is 0 Å². The molecule has 6 nitrogen and oxygen atoms in total. The van der Waals surface area contributed by atoms with Gasteiger partial charge < -0.3 is 14.4 Å². The van der Waals surface area contributed by atoms with Crippen LogP contribution in [0, 0.1) is 24.6 Å². The van der Waals surface area contributed by atoms with Crippen LogP contribution in [-0.4, -0.2) is 31.6 Å². The number of halogens is 1. The number of aryl methyl sites for hydroxylation is 1. The third-order valence-electron chi connectivity index (χ3n) is 3.87. The third kappa shape index (κ3) is 6.18. The number of oxime groups is 2. The number of benzene rings is 2. The SMILES string of the molecule is CO/N=C(/C(=O)OC)c1cccc(C)c1CO/N=C(\C)C#Cc1ccc(F)cc1. The Hall–Kier alpha value is -3.66. The van der Waals surface area contributed by atoms with Crippen LogP contribution in [0.4, 0.5) is 4.39 Å². The molecule has 2 rings (SSSR count). The summed E-state index contributed by atoms with van der Waals surface area (Å²) in [4.78, 5) is 22.3. The van der Waals surface area contributed by atoms with E-state index in [2.05, 4.69) is 22.2 Å². The summed E-state index contributed by atoms with van der Waals surface area (Å²) in [5.41, 5.74) is 3.29. The van der Waals surface area contributed by atoms with E-state index < -0.39 is 5.97 Å². The molecule has 0 N–H and O–H groups in total. The van der Waals surface area contributed by atoms with Crippen molar-refractivity contribution in [1.82, 2.24) is 0 Å². The summed E-state index contributed by atoms with van der Waals surface area (Å²) in [6.07, 6.45) is 0. The molecule has 0 saturated carbocycles. The van der Waals surface area contributed by atoms with Crippen molar-refractivity contribution in [1.29, 1.82) is 0 Å². The smallest absolute Gasteiger partial charge is 0.360 e. The van der Waals surface area contributed by atoms with Crippen molar-refractivity contribution < 1.29 is 23.6 Å². The number of esters is 1. The quantitative estimate of drug-likeness (QED) is 0.324. The number of hydrogen-bond acceptors (Lipinski definition) is 6. The molecule has 0 fully saturated rings. The summed E-state index contributed by atoms with van der Waals surface area (Å²) < 4.78 is 17.7. The molecule has 0 unspecified atom stereocenters. The van der Waals surface area contributed by atoms with Crippen LogP contribution >= 0.6 is 0 Å². The fraction of sp³-hybridized carbons (Fsp3) is 0.227. The molecule has 29 heavy (non-hydrogen) atoms. The predicted molar refractivity (Wildman–Crippen MR) is 108 cm³/mol. The molecular formula is C22H21FN2O4. The number of methoxy groups -OCH3 is 1. The zero-order valence-corrected chi connectivity index (χ0v) is 16.7. The van der Waals surface area contributed by atoms with Crippen molar-refractivity contribution in [3.8, 4) is 11.8 Å². The Morgan fingerprint density at radius 1 is 1.10 bits per heavy atom. The van der Waals surface area contributed by atoms with Gasteiger partial charge in [0.05, 0.1) is 7.11 Å². The first-order valence-corrected chi connectivity index (χ1v) is 8.68. The average molecular weight is 396 g/mol. The van der Waals surface area contributed by atoms with Gasteiger partial charge in [-0.2, -0.15) is 0 Å². The Kier molecular flexibility index (Phi) is 7.92. The van der Waals surface area contributed by atoms with Crippen LogP contribution in [0.2, 0.25) is 0 Å². The fourth-order valence-electron chi connectivity index (χ4n) is 2.41. The first-order chi connectivity index (χ1) is 14.0.